The normalized spacial score (nSPS) is 14.5. The third kappa shape index (κ3) is 3.57. The molecule has 16 heavy (non-hydrogen) atoms. The molecular formula is C11H15Br2NOS. The van der Waals surface area contributed by atoms with Crippen molar-refractivity contribution < 1.29 is 4.79 Å². The lowest BCUT2D eigenvalue weighted by Gasteiger charge is -2.28. The molecule has 0 saturated carbocycles. The van der Waals surface area contributed by atoms with Gasteiger partial charge < -0.3 is 5.32 Å². The predicted molar refractivity (Wildman–Crippen MR) is 76.6 cm³/mol. The van der Waals surface area contributed by atoms with Crippen molar-refractivity contribution in [3.8, 4) is 0 Å². The van der Waals surface area contributed by atoms with Gasteiger partial charge in [0.2, 0.25) is 0 Å². The highest BCUT2D eigenvalue weighted by atomic mass is 79.9. The molecule has 0 aliphatic rings. The Morgan fingerprint density at radius 1 is 1.62 bits per heavy atom. The summed E-state index contributed by atoms with van der Waals surface area (Å²) in [6.07, 6.45) is 1.85. The number of nitrogens with one attached hydrogen (secondary N) is 1. The van der Waals surface area contributed by atoms with E-state index >= 15 is 0 Å². The summed E-state index contributed by atoms with van der Waals surface area (Å²) in [7, 11) is 0. The van der Waals surface area contributed by atoms with E-state index in [4.69, 9.17) is 0 Å². The van der Waals surface area contributed by atoms with E-state index in [1.807, 2.05) is 11.4 Å². The number of carbonyl (C=O) groups is 1. The van der Waals surface area contributed by atoms with Crippen molar-refractivity contribution in [2.45, 2.75) is 32.2 Å². The van der Waals surface area contributed by atoms with Crippen LogP contribution in [0.1, 0.15) is 36.4 Å². The molecule has 1 amide bonds. The molecule has 0 aromatic carbocycles. The Labute approximate surface area is 117 Å². The van der Waals surface area contributed by atoms with E-state index in [-0.39, 0.29) is 11.4 Å². The first kappa shape index (κ1) is 14.2. The summed E-state index contributed by atoms with van der Waals surface area (Å²) in [5.74, 6) is 0.00664. The van der Waals surface area contributed by atoms with E-state index < -0.39 is 0 Å². The molecule has 0 fully saturated rings. The summed E-state index contributed by atoms with van der Waals surface area (Å²) < 4.78 is 0.868. The van der Waals surface area contributed by atoms with Gasteiger partial charge in [-0.05, 0) is 47.1 Å². The van der Waals surface area contributed by atoms with Gasteiger partial charge in [-0.15, -0.1) is 11.3 Å². The van der Waals surface area contributed by atoms with Crippen molar-refractivity contribution in [3.05, 3.63) is 20.8 Å². The monoisotopic (exact) mass is 367 g/mol. The Kier molecular flexibility index (Phi) is 5.47. The van der Waals surface area contributed by atoms with Gasteiger partial charge >= 0.3 is 0 Å². The maximum absolute atomic E-state index is 12.0. The zero-order valence-electron chi connectivity index (χ0n) is 9.35. The minimum atomic E-state index is -0.135. The highest BCUT2D eigenvalue weighted by Crippen LogP contribution is 2.24. The Balaban J connectivity index is 2.73. The standard InChI is InChI=1S/C11H15Br2NOS/c1-3-11(2,5-6-12)14-10(15)9-8(13)4-7-16-9/h4,7H,3,5-6H2,1-2H3,(H,14,15). The number of alkyl halides is 1. The Morgan fingerprint density at radius 2 is 2.31 bits per heavy atom. The van der Waals surface area contributed by atoms with Crippen LogP contribution in [0.15, 0.2) is 15.9 Å². The van der Waals surface area contributed by atoms with Crippen LogP contribution in [0.4, 0.5) is 0 Å². The van der Waals surface area contributed by atoms with E-state index in [1.165, 1.54) is 11.3 Å². The molecule has 1 heterocycles. The quantitative estimate of drug-likeness (QED) is 0.775. The molecule has 0 aliphatic heterocycles. The summed E-state index contributed by atoms with van der Waals surface area (Å²) in [6, 6.07) is 1.90. The van der Waals surface area contributed by atoms with Crippen molar-refractivity contribution in [1.82, 2.24) is 5.32 Å². The zero-order valence-corrected chi connectivity index (χ0v) is 13.3. The second-order valence-electron chi connectivity index (χ2n) is 3.90. The van der Waals surface area contributed by atoms with Crippen LogP contribution in [0.25, 0.3) is 0 Å². The summed E-state index contributed by atoms with van der Waals surface area (Å²) in [5.41, 5.74) is -0.135. The number of hydrogen-bond donors (Lipinski definition) is 1. The first-order valence-electron chi connectivity index (χ1n) is 5.14. The van der Waals surface area contributed by atoms with Gasteiger partial charge in [0.05, 0.1) is 0 Å². The zero-order chi connectivity index (χ0) is 12.2. The largest absolute Gasteiger partial charge is 0.346 e. The molecule has 1 unspecified atom stereocenters. The van der Waals surface area contributed by atoms with Crippen LogP contribution in [0, 0.1) is 0 Å². The van der Waals surface area contributed by atoms with Crippen molar-refractivity contribution in [2.75, 3.05) is 5.33 Å². The van der Waals surface area contributed by atoms with E-state index in [0.29, 0.717) is 0 Å². The van der Waals surface area contributed by atoms with E-state index in [9.17, 15) is 4.79 Å². The third-order valence-corrected chi connectivity index (χ3v) is 4.90. The van der Waals surface area contributed by atoms with Crippen LogP contribution in [-0.2, 0) is 0 Å². The maximum atomic E-state index is 12.0. The number of hydrogen-bond acceptors (Lipinski definition) is 2. The minimum Gasteiger partial charge on any atom is -0.346 e. The van der Waals surface area contributed by atoms with Crippen LogP contribution < -0.4 is 5.32 Å². The summed E-state index contributed by atoms with van der Waals surface area (Å²) in [4.78, 5) is 12.8. The molecule has 2 nitrogen and oxygen atoms in total. The van der Waals surface area contributed by atoms with Gasteiger partial charge in [-0.3, -0.25) is 4.79 Å². The first-order valence-corrected chi connectivity index (χ1v) is 7.93. The lowest BCUT2D eigenvalue weighted by atomic mass is 9.95. The molecule has 1 aromatic heterocycles. The molecule has 1 rings (SSSR count). The van der Waals surface area contributed by atoms with Crippen LogP contribution in [0.2, 0.25) is 0 Å². The van der Waals surface area contributed by atoms with Gasteiger partial charge in [-0.2, -0.15) is 0 Å². The molecule has 0 radical (unpaired) electrons. The average Bonchev–Trinajstić information content (AvgIpc) is 2.65. The summed E-state index contributed by atoms with van der Waals surface area (Å²) in [5, 5.41) is 5.90. The number of halogens is 2. The molecule has 90 valence electrons. The lowest BCUT2D eigenvalue weighted by molar-refractivity contribution is 0.0905. The topological polar surface area (TPSA) is 29.1 Å². The molecule has 0 bridgehead atoms. The molecule has 0 aliphatic carbocycles. The van der Waals surface area contributed by atoms with Gasteiger partial charge in [-0.25, -0.2) is 0 Å². The van der Waals surface area contributed by atoms with Crippen molar-refractivity contribution in [2.24, 2.45) is 0 Å². The van der Waals surface area contributed by atoms with Crippen molar-refractivity contribution in [3.63, 3.8) is 0 Å². The third-order valence-electron chi connectivity index (χ3n) is 2.67. The molecule has 0 saturated heterocycles. The van der Waals surface area contributed by atoms with Crippen LogP contribution in [0.5, 0.6) is 0 Å². The molecule has 5 heteroatoms. The van der Waals surface area contributed by atoms with Crippen LogP contribution >= 0.6 is 43.2 Å². The van der Waals surface area contributed by atoms with E-state index in [0.717, 1.165) is 27.5 Å². The van der Waals surface area contributed by atoms with E-state index in [1.54, 1.807) is 0 Å². The number of carbonyl (C=O) groups excluding carboxylic acids is 1. The summed E-state index contributed by atoms with van der Waals surface area (Å²) in [6.45, 7) is 4.17. The lowest BCUT2D eigenvalue weighted by Crippen LogP contribution is -2.45. The highest BCUT2D eigenvalue weighted by molar-refractivity contribution is 9.10. The Hall–Kier alpha value is 0.130. The van der Waals surface area contributed by atoms with Crippen molar-refractivity contribution in [1.29, 1.82) is 0 Å². The number of rotatable bonds is 5. The summed E-state index contributed by atoms with van der Waals surface area (Å²) >= 11 is 8.25. The maximum Gasteiger partial charge on any atom is 0.262 e. The Bertz CT molecular complexity index is 367. The fraction of sp³-hybridized carbons (Fsp3) is 0.545. The minimum absolute atomic E-state index is 0.00664. The van der Waals surface area contributed by atoms with Gasteiger partial charge in [0.15, 0.2) is 0 Å². The van der Waals surface area contributed by atoms with Gasteiger partial charge in [-0.1, -0.05) is 22.9 Å². The molecule has 1 atom stereocenters. The molecule has 0 spiro atoms. The SMILES string of the molecule is CCC(C)(CCBr)NC(=O)c1sccc1Br. The number of thiophene rings is 1. The second kappa shape index (κ2) is 6.17. The van der Waals surface area contributed by atoms with Gasteiger partial charge in [0.1, 0.15) is 4.88 Å². The molecule has 1 aromatic rings. The predicted octanol–water partition coefficient (Wildman–Crippen LogP) is 4.19. The van der Waals surface area contributed by atoms with E-state index in [2.05, 4.69) is 51.0 Å². The fourth-order valence-electron chi connectivity index (χ4n) is 1.32. The van der Waals surface area contributed by atoms with Crippen molar-refractivity contribution >= 4 is 49.1 Å². The van der Waals surface area contributed by atoms with Gasteiger partial charge in [0, 0.05) is 15.3 Å². The molecule has 1 N–H and O–H groups in total. The Morgan fingerprint density at radius 3 is 2.75 bits per heavy atom. The first-order chi connectivity index (χ1) is 7.52. The van der Waals surface area contributed by atoms with Gasteiger partial charge in [0.25, 0.3) is 5.91 Å². The second-order valence-corrected chi connectivity index (χ2v) is 6.47. The smallest absolute Gasteiger partial charge is 0.262 e. The number of amides is 1. The average molecular weight is 369 g/mol. The fourth-order valence-corrected chi connectivity index (χ4v) is 3.64. The van der Waals surface area contributed by atoms with Crippen LogP contribution in [-0.4, -0.2) is 16.8 Å². The van der Waals surface area contributed by atoms with Crippen LogP contribution in [0.3, 0.4) is 0 Å². The molecular weight excluding hydrogens is 354 g/mol. The highest BCUT2D eigenvalue weighted by Gasteiger charge is 2.25.